The van der Waals surface area contributed by atoms with Gasteiger partial charge in [0.25, 0.3) is 5.91 Å². The van der Waals surface area contributed by atoms with Crippen molar-refractivity contribution in [1.82, 2.24) is 20.5 Å². The summed E-state index contributed by atoms with van der Waals surface area (Å²) in [7, 11) is 0. The Balaban J connectivity index is 1.37. The van der Waals surface area contributed by atoms with Crippen LogP contribution in [0, 0.1) is 0 Å². The van der Waals surface area contributed by atoms with E-state index in [1.807, 2.05) is 62.4 Å². The molecule has 3 atom stereocenters. The van der Waals surface area contributed by atoms with Crippen molar-refractivity contribution >= 4 is 28.6 Å². The molecule has 0 spiro atoms. The van der Waals surface area contributed by atoms with Gasteiger partial charge in [-0.25, -0.2) is 0 Å². The molecule has 36 heavy (non-hydrogen) atoms. The lowest BCUT2D eigenvalue weighted by atomic mass is 9.90. The summed E-state index contributed by atoms with van der Waals surface area (Å²) in [5.74, 6) is -0.755. The van der Waals surface area contributed by atoms with Crippen LogP contribution in [0.2, 0.25) is 0 Å². The maximum absolute atomic E-state index is 13.6. The number of nitrogens with zero attached hydrogens (tertiary/aromatic N) is 1. The predicted octanol–water partition coefficient (Wildman–Crippen LogP) is 3.07. The van der Waals surface area contributed by atoms with E-state index in [1.54, 1.807) is 11.8 Å². The third kappa shape index (κ3) is 4.26. The van der Waals surface area contributed by atoms with Gasteiger partial charge in [-0.15, -0.1) is 0 Å². The van der Waals surface area contributed by atoms with Crippen molar-refractivity contribution in [2.75, 3.05) is 13.2 Å². The van der Waals surface area contributed by atoms with Crippen molar-refractivity contribution in [3.05, 3.63) is 70.9 Å². The highest BCUT2D eigenvalue weighted by atomic mass is 16.5. The van der Waals surface area contributed by atoms with Crippen molar-refractivity contribution in [3.63, 3.8) is 0 Å². The second kappa shape index (κ2) is 9.78. The van der Waals surface area contributed by atoms with Gasteiger partial charge in [0.05, 0.1) is 12.1 Å². The number of rotatable bonds is 8. The monoisotopic (exact) mass is 488 g/mol. The third-order valence-electron chi connectivity index (χ3n) is 6.98. The molecule has 2 aliphatic heterocycles. The fraction of sp³-hybridized carbons (Fsp3) is 0.393. The Hall–Kier alpha value is -3.65. The Morgan fingerprint density at radius 2 is 1.86 bits per heavy atom. The fourth-order valence-electron chi connectivity index (χ4n) is 5.27. The van der Waals surface area contributed by atoms with Gasteiger partial charge in [0.1, 0.15) is 12.1 Å². The van der Waals surface area contributed by atoms with E-state index >= 15 is 0 Å². The first-order chi connectivity index (χ1) is 17.4. The number of para-hydroxylation sites is 1. The number of fused-ring (bicyclic) bond motifs is 7. The molecule has 0 saturated carbocycles. The maximum Gasteiger partial charge on any atom is 0.255 e. The zero-order valence-electron chi connectivity index (χ0n) is 20.8. The Labute approximate surface area is 210 Å². The Bertz CT molecular complexity index is 1310. The Morgan fingerprint density at radius 1 is 1.11 bits per heavy atom. The normalized spacial score (nSPS) is 19.1. The lowest BCUT2D eigenvalue weighted by molar-refractivity contribution is -0.131. The van der Waals surface area contributed by atoms with Gasteiger partial charge in [-0.2, -0.15) is 0 Å². The Morgan fingerprint density at radius 3 is 2.67 bits per heavy atom. The fourth-order valence-corrected chi connectivity index (χ4v) is 5.27. The van der Waals surface area contributed by atoms with Gasteiger partial charge < -0.3 is 25.3 Å². The van der Waals surface area contributed by atoms with Crippen molar-refractivity contribution in [2.45, 2.75) is 57.8 Å². The molecule has 3 heterocycles. The molecular formula is C28H32N4O4. The summed E-state index contributed by atoms with van der Waals surface area (Å²) >= 11 is 0. The number of benzene rings is 2. The molecule has 0 bridgehead atoms. The SMILES string of the molecule is CC(C)OCCCNC(=O)[C@H](C)NC(=O)[C@@H]1Cc2c([nH]c3ccccc23)C2c3ccccc3C(=O)N21. The van der Waals surface area contributed by atoms with Gasteiger partial charge in [-0.3, -0.25) is 14.4 Å². The van der Waals surface area contributed by atoms with E-state index in [2.05, 4.69) is 15.6 Å². The zero-order chi connectivity index (χ0) is 25.4. The number of carbonyl (C=O) groups excluding carboxylic acids is 3. The molecule has 8 heteroatoms. The summed E-state index contributed by atoms with van der Waals surface area (Å²) in [6.07, 6.45) is 1.22. The lowest BCUT2D eigenvalue weighted by Crippen LogP contribution is -2.56. The molecule has 1 aromatic heterocycles. The van der Waals surface area contributed by atoms with E-state index in [0.29, 0.717) is 31.6 Å². The molecule has 0 fully saturated rings. The van der Waals surface area contributed by atoms with Crippen LogP contribution in [-0.2, 0) is 20.7 Å². The summed E-state index contributed by atoms with van der Waals surface area (Å²) in [6.45, 7) is 6.63. The highest BCUT2D eigenvalue weighted by Gasteiger charge is 2.49. The topological polar surface area (TPSA) is 104 Å². The Kier molecular flexibility index (Phi) is 6.53. The summed E-state index contributed by atoms with van der Waals surface area (Å²) in [5, 5.41) is 6.76. The molecule has 0 saturated heterocycles. The van der Waals surface area contributed by atoms with Crippen LogP contribution in [0.1, 0.15) is 60.4 Å². The second-order valence-corrected chi connectivity index (χ2v) is 9.78. The van der Waals surface area contributed by atoms with Crippen LogP contribution in [0.5, 0.6) is 0 Å². The summed E-state index contributed by atoms with van der Waals surface area (Å²) < 4.78 is 5.50. The third-order valence-corrected chi connectivity index (χ3v) is 6.98. The zero-order valence-corrected chi connectivity index (χ0v) is 20.8. The van der Waals surface area contributed by atoms with Crippen LogP contribution < -0.4 is 10.6 Å². The van der Waals surface area contributed by atoms with Gasteiger partial charge >= 0.3 is 0 Å². The number of H-pyrrole nitrogens is 1. The first-order valence-electron chi connectivity index (χ1n) is 12.6. The van der Waals surface area contributed by atoms with Gasteiger partial charge in [-0.1, -0.05) is 36.4 Å². The van der Waals surface area contributed by atoms with Crippen LogP contribution in [-0.4, -0.2) is 58.9 Å². The summed E-state index contributed by atoms with van der Waals surface area (Å²) in [5.41, 5.74) is 4.48. The number of amides is 3. The molecule has 3 aromatic rings. The molecule has 5 rings (SSSR count). The van der Waals surface area contributed by atoms with Crippen molar-refractivity contribution in [1.29, 1.82) is 0 Å². The molecule has 188 valence electrons. The molecule has 1 unspecified atom stereocenters. The molecule has 0 radical (unpaired) electrons. The average Bonchev–Trinajstić information content (AvgIpc) is 3.38. The lowest BCUT2D eigenvalue weighted by Gasteiger charge is -2.37. The molecule has 2 aromatic carbocycles. The van der Waals surface area contributed by atoms with Crippen molar-refractivity contribution < 1.29 is 19.1 Å². The van der Waals surface area contributed by atoms with Crippen molar-refractivity contribution in [2.24, 2.45) is 0 Å². The van der Waals surface area contributed by atoms with Crippen molar-refractivity contribution in [3.8, 4) is 0 Å². The van der Waals surface area contributed by atoms with Crippen LogP contribution in [0.4, 0.5) is 0 Å². The van der Waals surface area contributed by atoms with E-state index < -0.39 is 12.1 Å². The minimum Gasteiger partial charge on any atom is -0.379 e. The standard InChI is InChI=1S/C28H32N4O4/c1-16(2)36-14-8-13-29-26(33)17(3)30-27(34)23-15-21-18-9-6-7-12-22(18)31-24(21)25-19-10-4-5-11-20(19)28(35)32(23)25/h4-7,9-12,16-17,23,25,31H,8,13-15H2,1-3H3,(H,29,33)(H,30,34)/t17-,23-,25?/m0/s1. The van der Waals surface area contributed by atoms with E-state index in [9.17, 15) is 14.4 Å². The largest absolute Gasteiger partial charge is 0.379 e. The number of hydrogen-bond acceptors (Lipinski definition) is 4. The van der Waals surface area contributed by atoms with Gasteiger partial charge in [-0.05, 0) is 50.5 Å². The molecule has 2 aliphatic rings. The molecular weight excluding hydrogens is 456 g/mol. The quantitative estimate of drug-likeness (QED) is 0.424. The first kappa shape index (κ1) is 24.1. The smallest absolute Gasteiger partial charge is 0.255 e. The van der Waals surface area contributed by atoms with Crippen LogP contribution >= 0.6 is 0 Å². The molecule has 3 N–H and O–H groups in total. The van der Waals surface area contributed by atoms with Crippen LogP contribution in [0.15, 0.2) is 48.5 Å². The minimum atomic E-state index is -0.730. The number of ether oxygens (including phenoxy) is 1. The van der Waals surface area contributed by atoms with E-state index in [0.717, 1.165) is 27.7 Å². The summed E-state index contributed by atoms with van der Waals surface area (Å²) in [6, 6.07) is 13.7. The first-order valence-corrected chi connectivity index (χ1v) is 12.6. The number of aromatic amines is 1. The molecule has 8 nitrogen and oxygen atoms in total. The van der Waals surface area contributed by atoms with Crippen LogP contribution in [0.25, 0.3) is 10.9 Å². The van der Waals surface area contributed by atoms with E-state index in [4.69, 9.17) is 4.74 Å². The van der Waals surface area contributed by atoms with E-state index in [1.165, 1.54) is 0 Å². The average molecular weight is 489 g/mol. The van der Waals surface area contributed by atoms with Gasteiger partial charge in [0, 0.05) is 41.7 Å². The highest BCUT2D eigenvalue weighted by molar-refractivity contribution is 6.04. The number of hydrogen-bond donors (Lipinski definition) is 3. The number of nitrogens with one attached hydrogen (secondary N) is 3. The van der Waals surface area contributed by atoms with E-state index in [-0.39, 0.29) is 29.9 Å². The molecule has 0 aliphatic carbocycles. The maximum atomic E-state index is 13.6. The van der Waals surface area contributed by atoms with Crippen LogP contribution in [0.3, 0.4) is 0 Å². The number of aromatic nitrogens is 1. The highest BCUT2D eigenvalue weighted by Crippen LogP contribution is 2.46. The second-order valence-electron chi connectivity index (χ2n) is 9.78. The number of carbonyl (C=O) groups is 3. The van der Waals surface area contributed by atoms with Gasteiger partial charge in [0.15, 0.2) is 0 Å². The molecule has 3 amide bonds. The minimum absolute atomic E-state index is 0.148. The summed E-state index contributed by atoms with van der Waals surface area (Å²) in [4.78, 5) is 44.8. The predicted molar refractivity (Wildman–Crippen MR) is 137 cm³/mol. The van der Waals surface area contributed by atoms with Gasteiger partial charge in [0.2, 0.25) is 11.8 Å².